The second-order valence-corrected chi connectivity index (χ2v) is 6.24. The second kappa shape index (κ2) is 5.74. The Morgan fingerprint density at radius 3 is 2.81 bits per heavy atom. The van der Waals surface area contributed by atoms with Crippen LogP contribution in [0.1, 0.15) is 12.5 Å². The van der Waals surface area contributed by atoms with Gasteiger partial charge in [0.15, 0.2) is 0 Å². The Hall–Kier alpha value is -0.470. The third-order valence-corrected chi connectivity index (χ3v) is 4.95. The Balaban J connectivity index is 2.70. The fourth-order valence-electron chi connectivity index (χ4n) is 0.959. The fourth-order valence-corrected chi connectivity index (χ4v) is 3.32. The summed E-state index contributed by atoms with van der Waals surface area (Å²) in [5.74, 6) is 0. The highest BCUT2D eigenvalue weighted by atomic mass is 32.2. The minimum absolute atomic E-state index is 0.152. The molecule has 0 aliphatic heterocycles. The van der Waals surface area contributed by atoms with E-state index in [1.807, 2.05) is 0 Å². The van der Waals surface area contributed by atoms with Crippen molar-refractivity contribution < 1.29 is 18.3 Å². The Morgan fingerprint density at radius 2 is 2.31 bits per heavy atom. The summed E-state index contributed by atoms with van der Waals surface area (Å²) in [7, 11) is -1.96. The molecule has 1 aromatic rings. The van der Waals surface area contributed by atoms with E-state index in [0.717, 1.165) is 11.3 Å². The normalized spacial score (nSPS) is 13.9. The van der Waals surface area contributed by atoms with Gasteiger partial charge in [-0.15, -0.1) is 11.3 Å². The molecule has 5 nitrogen and oxygen atoms in total. The van der Waals surface area contributed by atoms with Crippen LogP contribution in [0.3, 0.4) is 0 Å². The molecule has 1 atom stereocenters. The maximum atomic E-state index is 11.7. The molecular formula is C9H15NO4S2. The van der Waals surface area contributed by atoms with Gasteiger partial charge >= 0.3 is 0 Å². The molecule has 92 valence electrons. The predicted octanol–water partition coefficient (Wildman–Crippen LogP) is 0.554. The highest BCUT2D eigenvalue weighted by Crippen LogP contribution is 2.19. The van der Waals surface area contributed by atoms with E-state index in [2.05, 4.69) is 4.72 Å². The molecule has 1 aromatic heterocycles. The van der Waals surface area contributed by atoms with Gasteiger partial charge in [0.1, 0.15) is 4.21 Å². The largest absolute Gasteiger partial charge is 0.392 e. The third kappa shape index (κ3) is 3.53. The van der Waals surface area contributed by atoms with Crippen LogP contribution in [0.25, 0.3) is 0 Å². The monoisotopic (exact) mass is 265 g/mol. The van der Waals surface area contributed by atoms with Gasteiger partial charge < -0.3 is 9.84 Å². The highest BCUT2D eigenvalue weighted by Gasteiger charge is 2.17. The summed E-state index contributed by atoms with van der Waals surface area (Å²) < 4.78 is 31.1. The summed E-state index contributed by atoms with van der Waals surface area (Å²) in [6, 6.07) is 1.46. The number of thiophene rings is 1. The molecule has 0 aliphatic carbocycles. The lowest BCUT2D eigenvalue weighted by Crippen LogP contribution is -2.31. The molecule has 1 rings (SSSR count). The van der Waals surface area contributed by atoms with Gasteiger partial charge in [0.2, 0.25) is 10.0 Å². The van der Waals surface area contributed by atoms with Gasteiger partial charge in [-0.2, -0.15) is 0 Å². The van der Waals surface area contributed by atoms with Crippen molar-refractivity contribution in [3.05, 3.63) is 17.0 Å². The smallest absolute Gasteiger partial charge is 0.250 e. The number of nitrogens with one attached hydrogen (secondary N) is 1. The van der Waals surface area contributed by atoms with Crippen molar-refractivity contribution in [2.45, 2.75) is 23.8 Å². The molecule has 0 bridgehead atoms. The van der Waals surface area contributed by atoms with Crippen LogP contribution in [0.5, 0.6) is 0 Å². The zero-order chi connectivity index (χ0) is 12.2. The van der Waals surface area contributed by atoms with E-state index < -0.39 is 10.0 Å². The van der Waals surface area contributed by atoms with E-state index in [1.54, 1.807) is 12.3 Å². The van der Waals surface area contributed by atoms with Gasteiger partial charge in [-0.05, 0) is 23.9 Å². The summed E-state index contributed by atoms with van der Waals surface area (Å²) in [4.78, 5) is 0. The van der Waals surface area contributed by atoms with Crippen LogP contribution in [0.4, 0.5) is 0 Å². The number of aliphatic hydroxyl groups is 1. The molecular weight excluding hydrogens is 250 g/mol. The lowest BCUT2D eigenvalue weighted by molar-refractivity contribution is 0.122. The molecule has 0 amide bonds. The van der Waals surface area contributed by atoms with Crippen LogP contribution in [0, 0.1) is 0 Å². The van der Waals surface area contributed by atoms with Crippen molar-refractivity contribution >= 4 is 21.4 Å². The maximum absolute atomic E-state index is 11.7. The molecule has 0 saturated carbocycles. The first-order chi connectivity index (χ1) is 7.49. The number of methoxy groups -OCH3 is 1. The summed E-state index contributed by atoms with van der Waals surface area (Å²) in [6.07, 6.45) is -0.174. The second-order valence-electron chi connectivity index (χ2n) is 3.33. The van der Waals surface area contributed by atoms with Crippen LogP contribution in [0.2, 0.25) is 0 Å². The molecule has 16 heavy (non-hydrogen) atoms. The average Bonchev–Trinajstić information content (AvgIpc) is 2.75. The van der Waals surface area contributed by atoms with E-state index in [0.29, 0.717) is 5.56 Å². The number of sulfonamides is 1. The van der Waals surface area contributed by atoms with Gasteiger partial charge in [-0.1, -0.05) is 0 Å². The maximum Gasteiger partial charge on any atom is 0.250 e. The van der Waals surface area contributed by atoms with E-state index in [4.69, 9.17) is 9.84 Å². The molecule has 1 unspecified atom stereocenters. The van der Waals surface area contributed by atoms with E-state index in [-0.39, 0.29) is 23.5 Å². The van der Waals surface area contributed by atoms with Crippen LogP contribution in [-0.4, -0.2) is 33.3 Å². The quantitative estimate of drug-likeness (QED) is 0.788. The summed E-state index contributed by atoms with van der Waals surface area (Å²) in [6.45, 7) is 1.85. The Morgan fingerprint density at radius 1 is 1.62 bits per heavy atom. The summed E-state index contributed by atoms with van der Waals surface area (Å²) in [5.41, 5.74) is 0.602. The molecule has 0 spiro atoms. The highest BCUT2D eigenvalue weighted by molar-refractivity contribution is 7.91. The van der Waals surface area contributed by atoms with Gasteiger partial charge in [-0.25, -0.2) is 13.1 Å². The van der Waals surface area contributed by atoms with Crippen molar-refractivity contribution in [2.24, 2.45) is 0 Å². The van der Waals surface area contributed by atoms with Gasteiger partial charge in [0, 0.05) is 13.7 Å². The molecule has 0 saturated heterocycles. The van der Waals surface area contributed by atoms with Gasteiger partial charge in [-0.3, -0.25) is 0 Å². The van der Waals surface area contributed by atoms with Gasteiger partial charge in [0.25, 0.3) is 0 Å². The zero-order valence-corrected chi connectivity index (χ0v) is 10.8. The summed E-state index contributed by atoms with van der Waals surface area (Å²) in [5, 5.41) is 10.5. The van der Waals surface area contributed by atoms with Crippen molar-refractivity contribution in [1.29, 1.82) is 0 Å². The van der Waals surface area contributed by atoms with Crippen molar-refractivity contribution in [1.82, 2.24) is 4.72 Å². The fraction of sp³-hybridized carbons (Fsp3) is 0.556. The number of ether oxygens (including phenoxy) is 1. The molecule has 0 aromatic carbocycles. The lowest BCUT2D eigenvalue weighted by atomic mass is 10.4. The van der Waals surface area contributed by atoms with Gasteiger partial charge in [0.05, 0.1) is 12.7 Å². The van der Waals surface area contributed by atoms with E-state index in [9.17, 15) is 8.42 Å². The average molecular weight is 265 g/mol. The standard InChI is InChI=1S/C9H15NO4S2/c1-7(14-2)4-10-16(12,13)9-3-8(5-11)6-15-9/h3,6-7,10-11H,4-5H2,1-2H3. The zero-order valence-electron chi connectivity index (χ0n) is 9.13. The van der Waals surface area contributed by atoms with E-state index >= 15 is 0 Å². The number of aliphatic hydroxyl groups excluding tert-OH is 1. The van der Waals surface area contributed by atoms with Crippen LogP contribution in [0.15, 0.2) is 15.7 Å². The number of hydrogen-bond donors (Lipinski definition) is 2. The number of rotatable bonds is 6. The van der Waals surface area contributed by atoms with Crippen molar-refractivity contribution in [2.75, 3.05) is 13.7 Å². The Bertz CT molecular complexity index is 426. The Kier molecular flexibility index (Phi) is 4.88. The molecule has 0 fully saturated rings. The van der Waals surface area contributed by atoms with Crippen LogP contribution < -0.4 is 4.72 Å². The molecule has 7 heteroatoms. The first-order valence-electron chi connectivity index (χ1n) is 4.70. The minimum atomic E-state index is -3.48. The van der Waals surface area contributed by atoms with E-state index in [1.165, 1.54) is 13.2 Å². The molecule has 0 radical (unpaired) electrons. The topological polar surface area (TPSA) is 75.6 Å². The van der Waals surface area contributed by atoms with Crippen molar-refractivity contribution in [3.8, 4) is 0 Å². The molecule has 2 N–H and O–H groups in total. The first kappa shape index (κ1) is 13.6. The number of hydrogen-bond acceptors (Lipinski definition) is 5. The lowest BCUT2D eigenvalue weighted by Gasteiger charge is -2.10. The minimum Gasteiger partial charge on any atom is -0.392 e. The first-order valence-corrected chi connectivity index (χ1v) is 7.06. The van der Waals surface area contributed by atoms with Crippen molar-refractivity contribution in [3.63, 3.8) is 0 Å². The predicted molar refractivity (Wildman–Crippen MR) is 61.9 cm³/mol. The molecule has 1 heterocycles. The molecule has 0 aliphatic rings. The summed E-state index contributed by atoms with van der Waals surface area (Å²) >= 11 is 1.09. The van der Waals surface area contributed by atoms with Crippen LogP contribution >= 0.6 is 11.3 Å². The van der Waals surface area contributed by atoms with Crippen LogP contribution in [-0.2, 0) is 21.4 Å². The Labute approximate surface area is 99.1 Å². The third-order valence-electron chi connectivity index (χ3n) is 2.04. The SMILES string of the molecule is COC(C)CNS(=O)(=O)c1cc(CO)cs1.